The maximum Gasteiger partial charge on any atom is 0.246 e. The Morgan fingerprint density at radius 2 is 2.19 bits per heavy atom. The Balaban J connectivity index is 2.06. The lowest BCUT2D eigenvalue weighted by Gasteiger charge is -2.13. The lowest BCUT2D eigenvalue weighted by atomic mass is 10.1. The van der Waals surface area contributed by atoms with Gasteiger partial charge in [0.25, 0.3) is 0 Å². The third-order valence-electron chi connectivity index (χ3n) is 3.35. The molecule has 116 valence electrons. The number of fused-ring (bicyclic) bond motifs is 1. The minimum absolute atomic E-state index is 0.0484. The van der Waals surface area contributed by atoms with E-state index in [2.05, 4.69) is 15.5 Å². The van der Waals surface area contributed by atoms with Crippen molar-refractivity contribution in [1.29, 1.82) is 0 Å². The van der Waals surface area contributed by atoms with Crippen molar-refractivity contribution in [2.24, 2.45) is 0 Å². The van der Waals surface area contributed by atoms with Crippen LogP contribution in [0.3, 0.4) is 0 Å². The van der Waals surface area contributed by atoms with E-state index in [1.54, 1.807) is 0 Å². The van der Waals surface area contributed by atoms with Crippen LogP contribution >= 0.6 is 11.6 Å². The number of nitrogens with zero attached hydrogens (tertiary/aromatic N) is 1. The van der Waals surface area contributed by atoms with E-state index < -0.39 is 0 Å². The van der Waals surface area contributed by atoms with E-state index in [-0.39, 0.29) is 11.9 Å². The first kappa shape index (κ1) is 16.1. The molecule has 1 unspecified atom stereocenters. The van der Waals surface area contributed by atoms with E-state index in [0.717, 1.165) is 30.8 Å². The maximum absolute atomic E-state index is 11.9. The Morgan fingerprint density at radius 3 is 2.86 bits per heavy atom. The zero-order chi connectivity index (χ0) is 15.4. The molecule has 1 aromatic rings. The van der Waals surface area contributed by atoms with Crippen LogP contribution in [0.4, 0.5) is 5.69 Å². The predicted molar refractivity (Wildman–Crippen MR) is 85.2 cm³/mol. The van der Waals surface area contributed by atoms with Crippen molar-refractivity contribution in [3.63, 3.8) is 0 Å². The van der Waals surface area contributed by atoms with Crippen LogP contribution in [-0.4, -0.2) is 44.6 Å². The Hall–Kier alpha value is -1.30. The Labute approximate surface area is 130 Å². The van der Waals surface area contributed by atoms with Gasteiger partial charge in [-0.25, -0.2) is 0 Å². The van der Waals surface area contributed by atoms with Gasteiger partial charge in [-0.1, -0.05) is 18.5 Å². The van der Waals surface area contributed by atoms with E-state index in [1.165, 1.54) is 0 Å². The van der Waals surface area contributed by atoms with Gasteiger partial charge in [0.1, 0.15) is 11.8 Å². The van der Waals surface area contributed by atoms with Gasteiger partial charge in [0, 0.05) is 23.9 Å². The molecule has 0 saturated heterocycles. The monoisotopic (exact) mass is 311 g/mol. The molecule has 0 bridgehead atoms. The second kappa shape index (κ2) is 7.11. The Bertz CT molecular complexity index is 520. The molecule has 0 aliphatic carbocycles. The third kappa shape index (κ3) is 3.87. The van der Waals surface area contributed by atoms with Gasteiger partial charge in [-0.2, -0.15) is 0 Å². The van der Waals surface area contributed by atoms with Crippen LogP contribution in [0.2, 0.25) is 5.02 Å². The van der Waals surface area contributed by atoms with Crippen molar-refractivity contribution < 1.29 is 9.53 Å². The second-order valence-electron chi connectivity index (χ2n) is 5.36. The number of ether oxygens (including phenoxy) is 1. The molecule has 1 aliphatic heterocycles. The highest BCUT2D eigenvalue weighted by atomic mass is 35.5. The van der Waals surface area contributed by atoms with Crippen molar-refractivity contribution in [3.8, 4) is 5.75 Å². The van der Waals surface area contributed by atoms with Gasteiger partial charge in [0.05, 0.1) is 11.6 Å². The normalized spacial score (nSPS) is 17.0. The average molecular weight is 312 g/mol. The summed E-state index contributed by atoms with van der Waals surface area (Å²) in [5.41, 5.74) is 1.66. The summed E-state index contributed by atoms with van der Waals surface area (Å²) in [5.74, 6) is 0.569. The molecule has 0 saturated carbocycles. The minimum atomic E-state index is -0.328. The van der Waals surface area contributed by atoms with Gasteiger partial charge >= 0.3 is 0 Å². The number of hydrogen-bond donors (Lipinski definition) is 2. The highest BCUT2D eigenvalue weighted by Crippen LogP contribution is 2.38. The number of carbonyl (C=O) groups is 1. The number of amides is 1. The summed E-state index contributed by atoms with van der Waals surface area (Å²) in [5, 5.41) is 6.54. The van der Waals surface area contributed by atoms with E-state index >= 15 is 0 Å². The first-order valence-corrected chi connectivity index (χ1v) is 7.56. The molecule has 0 aromatic heterocycles. The number of hydrogen-bond acceptors (Lipinski definition) is 4. The van der Waals surface area contributed by atoms with Crippen LogP contribution in [0, 0.1) is 0 Å². The largest absolute Gasteiger partial charge is 0.492 e. The smallest absolute Gasteiger partial charge is 0.246 e. The van der Waals surface area contributed by atoms with Crippen LogP contribution in [0.1, 0.15) is 24.9 Å². The van der Waals surface area contributed by atoms with Gasteiger partial charge < -0.3 is 20.3 Å². The average Bonchev–Trinajstić information content (AvgIpc) is 2.71. The summed E-state index contributed by atoms with van der Waals surface area (Å²) >= 11 is 6.26. The summed E-state index contributed by atoms with van der Waals surface area (Å²) in [6.07, 6.45) is 0.923. The number of halogens is 1. The second-order valence-corrected chi connectivity index (χ2v) is 5.76. The van der Waals surface area contributed by atoms with Crippen LogP contribution in [0.25, 0.3) is 0 Å². The lowest BCUT2D eigenvalue weighted by molar-refractivity contribution is -0.117. The van der Waals surface area contributed by atoms with Gasteiger partial charge in [-0.3, -0.25) is 4.79 Å². The molecular weight excluding hydrogens is 290 g/mol. The quantitative estimate of drug-likeness (QED) is 0.759. The molecule has 0 fully saturated rings. The zero-order valence-corrected chi connectivity index (χ0v) is 13.5. The first-order chi connectivity index (χ1) is 10.0. The maximum atomic E-state index is 11.9. The first-order valence-electron chi connectivity index (χ1n) is 7.18. The SMILES string of the molecule is CCNC1C(=O)Nc2cc(OCCCN(C)C)c(Cl)cc21. The van der Waals surface area contributed by atoms with Crippen LogP contribution in [0.15, 0.2) is 12.1 Å². The minimum Gasteiger partial charge on any atom is -0.492 e. The van der Waals surface area contributed by atoms with E-state index in [1.807, 2.05) is 33.2 Å². The molecule has 21 heavy (non-hydrogen) atoms. The molecule has 2 rings (SSSR count). The molecule has 1 atom stereocenters. The molecule has 1 amide bonds. The molecule has 0 radical (unpaired) electrons. The Morgan fingerprint density at radius 1 is 1.43 bits per heavy atom. The van der Waals surface area contributed by atoms with Gasteiger partial charge in [0.2, 0.25) is 5.91 Å². The number of carbonyl (C=O) groups excluding carboxylic acids is 1. The fourth-order valence-corrected chi connectivity index (χ4v) is 2.57. The van der Waals surface area contributed by atoms with Gasteiger partial charge in [-0.15, -0.1) is 0 Å². The van der Waals surface area contributed by atoms with Crippen LogP contribution < -0.4 is 15.4 Å². The van der Waals surface area contributed by atoms with Crippen molar-refractivity contribution in [2.45, 2.75) is 19.4 Å². The summed E-state index contributed by atoms with van der Waals surface area (Å²) in [7, 11) is 4.05. The number of anilines is 1. The van der Waals surface area contributed by atoms with Gasteiger partial charge in [0.15, 0.2) is 0 Å². The number of nitrogens with one attached hydrogen (secondary N) is 2. The molecule has 2 N–H and O–H groups in total. The highest BCUT2D eigenvalue weighted by molar-refractivity contribution is 6.32. The Kier molecular flexibility index (Phi) is 5.45. The highest BCUT2D eigenvalue weighted by Gasteiger charge is 2.30. The fourth-order valence-electron chi connectivity index (χ4n) is 2.34. The molecule has 1 aliphatic rings. The predicted octanol–water partition coefficient (Wildman–Crippen LogP) is 2.27. The van der Waals surface area contributed by atoms with E-state index in [4.69, 9.17) is 16.3 Å². The van der Waals surface area contributed by atoms with Gasteiger partial charge in [-0.05, 0) is 33.1 Å². The number of rotatable bonds is 7. The number of benzene rings is 1. The summed E-state index contributed by atoms with van der Waals surface area (Å²) < 4.78 is 5.71. The van der Waals surface area contributed by atoms with Crippen molar-refractivity contribution in [1.82, 2.24) is 10.2 Å². The third-order valence-corrected chi connectivity index (χ3v) is 3.65. The van der Waals surface area contributed by atoms with Crippen molar-refractivity contribution >= 4 is 23.2 Å². The summed E-state index contributed by atoms with van der Waals surface area (Å²) in [6.45, 7) is 4.25. The van der Waals surface area contributed by atoms with E-state index in [0.29, 0.717) is 17.4 Å². The topological polar surface area (TPSA) is 53.6 Å². The molecular formula is C15H22ClN3O2. The molecule has 5 nitrogen and oxygen atoms in total. The van der Waals surface area contributed by atoms with Crippen LogP contribution in [0.5, 0.6) is 5.75 Å². The standard InChI is InChI=1S/C15H22ClN3O2/c1-4-17-14-10-8-11(16)13(9-12(10)18-15(14)20)21-7-5-6-19(2)3/h8-9,14,17H,4-7H2,1-3H3,(H,18,20). The van der Waals surface area contributed by atoms with Crippen LogP contribution in [-0.2, 0) is 4.79 Å². The fraction of sp³-hybridized carbons (Fsp3) is 0.533. The lowest BCUT2D eigenvalue weighted by Crippen LogP contribution is -2.27. The summed E-state index contributed by atoms with van der Waals surface area (Å²) in [6, 6.07) is 3.29. The van der Waals surface area contributed by atoms with Crippen molar-refractivity contribution in [3.05, 3.63) is 22.7 Å². The molecule has 1 heterocycles. The molecule has 1 aromatic carbocycles. The molecule has 0 spiro atoms. The molecule has 6 heteroatoms. The van der Waals surface area contributed by atoms with E-state index in [9.17, 15) is 4.79 Å². The zero-order valence-electron chi connectivity index (χ0n) is 12.7. The van der Waals surface area contributed by atoms with Crippen molar-refractivity contribution in [2.75, 3.05) is 39.1 Å². The summed E-state index contributed by atoms with van der Waals surface area (Å²) in [4.78, 5) is 14.0. The number of likely N-dealkylation sites (N-methyl/N-ethyl adjacent to an activating group) is 1.